The van der Waals surface area contributed by atoms with Gasteiger partial charge in [0.15, 0.2) is 0 Å². The Kier molecular flexibility index (Phi) is 3.61. The summed E-state index contributed by atoms with van der Waals surface area (Å²) in [4.78, 5) is 17.1. The number of benzene rings is 2. The van der Waals surface area contributed by atoms with Crippen LogP contribution in [0.1, 0.15) is 30.9 Å². The van der Waals surface area contributed by atoms with Gasteiger partial charge in [-0.2, -0.15) is 0 Å². The smallest absolute Gasteiger partial charge is 0.239 e. The van der Waals surface area contributed by atoms with Crippen LogP contribution >= 0.6 is 0 Å². The summed E-state index contributed by atoms with van der Waals surface area (Å²) >= 11 is 0. The SMILES string of the molecule is Cc1ccc2ccccc2c1CN1C[C@H]2CCCN2C(=O)[C@@H]1C. The molecule has 2 saturated heterocycles. The Labute approximate surface area is 137 Å². The molecular formula is C20H24N2O. The van der Waals surface area contributed by atoms with E-state index in [4.69, 9.17) is 0 Å². The van der Waals surface area contributed by atoms with Crippen LogP contribution in [0.5, 0.6) is 0 Å². The van der Waals surface area contributed by atoms with Crippen molar-refractivity contribution in [2.24, 2.45) is 0 Å². The molecule has 2 aliphatic heterocycles. The van der Waals surface area contributed by atoms with Gasteiger partial charge in [-0.05, 0) is 48.6 Å². The maximum Gasteiger partial charge on any atom is 0.239 e. The van der Waals surface area contributed by atoms with Crippen LogP contribution in [0.15, 0.2) is 36.4 Å². The van der Waals surface area contributed by atoms with E-state index in [-0.39, 0.29) is 6.04 Å². The van der Waals surface area contributed by atoms with E-state index in [1.807, 2.05) is 0 Å². The van der Waals surface area contributed by atoms with Crippen LogP contribution in [0.3, 0.4) is 0 Å². The van der Waals surface area contributed by atoms with Crippen molar-refractivity contribution in [3.63, 3.8) is 0 Å². The molecule has 2 aromatic carbocycles. The summed E-state index contributed by atoms with van der Waals surface area (Å²) in [7, 11) is 0. The summed E-state index contributed by atoms with van der Waals surface area (Å²) in [6.07, 6.45) is 2.31. The third kappa shape index (κ3) is 2.43. The van der Waals surface area contributed by atoms with Crippen LogP contribution in [0.2, 0.25) is 0 Å². The molecule has 2 heterocycles. The van der Waals surface area contributed by atoms with Crippen molar-refractivity contribution in [3.8, 4) is 0 Å². The summed E-state index contributed by atoms with van der Waals surface area (Å²) in [5.41, 5.74) is 2.69. The minimum absolute atomic E-state index is 0.0114. The minimum Gasteiger partial charge on any atom is -0.337 e. The maximum atomic E-state index is 12.6. The molecule has 2 aromatic rings. The van der Waals surface area contributed by atoms with Gasteiger partial charge in [0, 0.05) is 25.7 Å². The van der Waals surface area contributed by atoms with Crippen molar-refractivity contribution in [2.45, 2.75) is 45.3 Å². The summed E-state index contributed by atoms with van der Waals surface area (Å²) < 4.78 is 0. The predicted octanol–water partition coefficient (Wildman–Crippen LogP) is 3.34. The van der Waals surface area contributed by atoms with E-state index in [1.165, 1.54) is 21.9 Å². The molecule has 23 heavy (non-hydrogen) atoms. The van der Waals surface area contributed by atoms with Crippen LogP contribution in [-0.4, -0.2) is 40.9 Å². The summed E-state index contributed by atoms with van der Waals surface area (Å²) in [6.45, 7) is 7.08. The Hall–Kier alpha value is -1.87. The Morgan fingerprint density at radius 3 is 2.87 bits per heavy atom. The van der Waals surface area contributed by atoms with Crippen LogP contribution in [0.25, 0.3) is 10.8 Å². The molecule has 120 valence electrons. The van der Waals surface area contributed by atoms with E-state index in [9.17, 15) is 4.79 Å². The van der Waals surface area contributed by atoms with E-state index in [0.29, 0.717) is 11.9 Å². The highest BCUT2D eigenvalue weighted by Gasteiger charge is 2.40. The number of carbonyl (C=O) groups is 1. The average molecular weight is 308 g/mol. The molecule has 0 unspecified atom stereocenters. The van der Waals surface area contributed by atoms with Gasteiger partial charge in [-0.3, -0.25) is 9.69 Å². The number of rotatable bonds is 2. The molecule has 3 heteroatoms. The largest absolute Gasteiger partial charge is 0.337 e. The molecule has 0 aromatic heterocycles. The molecule has 3 nitrogen and oxygen atoms in total. The number of hydrogen-bond acceptors (Lipinski definition) is 2. The Morgan fingerprint density at radius 1 is 1.17 bits per heavy atom. The number of amides is 1. The summed E-state index contributed by atoms with van der Waals surface area (Å²) in [6, 6.07) is 13.4. The second kappa shape index (κ2) is 5.64. The summed E-state index contributed by atoms with van der Waals surface area (Å²) in [5, 5.41) is 2.60. The van der Waals surface area contributed by atoms with Gasteiger partial charge in [0.2, 0.25) is 5.91 Å². The number of carbonyl (C=O) groups excluding carboxylic acids is 1. The fourth-order valence-electron chi connectivity index (χ4n) is 4.20. The van der Waals surface area contributed by atoms with E-state index >= 15 is 0 Å². The van der Waals surface area contributed by atoms with Gasteiger partial charge in [-0.15, -0.1) is 0 Å². The monoisotopic (exact) mass is 308 g/mol. The first-order chi connectivity index (χ1) is 11.1. The highest BCUT2D eigenvalue weighted by atomic mass is 16.2. The lowest BCUT2D eigenvalue weighted by molar-refractivity contribution is -0.143. The topological polar surface area (TPSA) is 23.6 Å². The van der Waals surface area contributed by atoms with Gasteiger partial charge in [0.25, 0.3) is 0 Å². The molecule has 2 aliphatic rings. The Bertz CT molecular complexity index is 754. The fraction of sp³-hybridized carbons (Fsp3) is 0.450. The molecule has 0 radical (unpaired) electrons. The second-order valence-electron chi connectivity index (χ2n) is 7.02. The summed E-state index contributed by atoms with van der Waals surface area (Å²) in [5.74, 6) is 0.316. The highest BCUT2D eigenvalue weighted by Crippen LogP contribution is 2.29. The molecular weight excluding hydrogens is 284 g/mol. The van der Waals surface area contributed by atoms with Crippen LogP contribution in [0, 0.1) is 6.92 Å². The van der Waals surface area contributed by atoms with Gasteiger partial charge in [0.1, 0.15) is 0 Å². The van der Waals surface area contributed by atoms with Crippen LogP contribution in [-0.2, 0) is 11.3 Å². The molecule has 0 N–H and O–H groups in total. The lowest BCUT2D eigenvalue weighted by atomic mass is 9.97. The zero-order valence-electron chi connectivity index (χ0n) is 14.0. The van der Waals surface area contributed by atoms with Gasteiger partial charge in [-0.1, -0.05) is 36.4 Å². The zero-order valence-corrected chi connectivity index (χ0v) is 14.0. The first-order valence-electron chi connectivity index (χ1n) is 8.67. The van der Waals surface area contributed by atoms with Crippen molar-refractivity contribution < 1.29 is 4.79 Å². The quantitative estimate of drug-likeness (QED) is 0.849. The number of fused-ring (bicyclic) bond motifs is 2. The van der Waals surface area contributed by atoms with E-state index in [2.05, 4.69) is 60.0 Å². The number of aryl methyl sites for hydroxylation is 1. The van der Waals surface area contributed by atoms with E-state index in [1.54, 1.807) is 0 Å². The maximum absolute atomic E-state index is 12.6. The Morgan fingerprint density at radius 2 is 2.00 bits per heavy atom. The molecule has 0 bridgehead atoms. The highest BCUT2D eigenvalue weighted by molar-refractivity contribution is 5.87. The molecule has 1 amide bonds. The van der Waals surface area contributed by atoms with E-state index in [0.717, 1.165) is 32.5 Å². The van der Waals surface area contributed by atoms with Crippen molar-refractivity contribution in [1.29, 1.82) is 0 Å². The normalized spacial score (nSPS) is 25.1. The molecule has 0 saturated carbocycles. The van der Waals surface area contributed by atoms with Gasteiger partial charge in [-0.25, -0.2) is 0 Å². The fourth-order valence-corrected chi connectivity index (χ4v) is 4.20. The first-order valence-corrected chi connectivity index (χ1v) is 8.67. The minimum atomic E-state index is -0.0114. The lowest BCUT2D eigenvalue weighted by Gasteiger charge is -2.41. The van der Waals surface area contributed by atoms with Crippen LogP contribution in [0.4, 0.5) is 0 Å². The predicted molar refractivity (Wildman–Crippen MR) is 93.3 cm³/mol. The molecule has 0 spiro atoms. The van der Waals surface area contributed by atoms with Crippen molar-refractivity contribution >= 4 is 16.7 Å². The van der Waals surface area contributed by atoms with Crippen molar-refractivity contribution in [1.82, 2.24) is 9.80 Å². The molecule has 4 rings (SSSR count). The Balaban J connectivity index is 1.68. The van der Waals surface area contributed by atoms with Crippen LogP contribution < -0.4 is 0 Å². The number of piperazine rings is 1. The van der Waals surface area contributed by atoms with E-state index < -0.39 is 0 Å². The average Bonchev–Trinajstić information content (AvgIpc) is 3.03. The van der Waals surface area contributed by atoms with Gasteiger partial charge >= 0.3 is 0 Å². The molecule has 2 atom stereocenters. The number of hydrogen-bond donors (Lipinski definition) is 0. The standard InChI is InChI=1S/C20H24N2O/c1-14-9-10-16-6-3-4-8-18(16)19(14)13-21-12-17-7-5-11-22(17)20(23)15(21)2/h3-4,6,8-10,15,17H,5,7,11-13H2,1-2H3/t15-,17+/m0/s1. The molecule has 0 aliphatic carbocycles. The third-order valence-electron chi connectivity index (χ3n) is 5.65. The van der Waals surface area contributed by atoms with Gasteiger partial charge in [0.05, 0.1) is 6.04 Å². The van der Waals surface area contributed by atoms with Crippen molar-refractivity contribution in [2.75, 3.05) is 13.1 Å². The first kappa shape index (κ1) is 14.7. The molecule has 2 fully saturated rings. The number of nitrogens with zero attached hydrogens (tertiary/aromatic N) is 2. The van der Waals surface area contributed by atoms with Crippen molar-refractivity contribution in [3.05, 3.63) is 47.5 Å². The van der Waals surface area contributed by atoms with Gasteiger partial charge < -0.3 is 4.90 Å². The zero-order chi connectivity index (χ0) is 16.0. The lowest BCUT2D eigenvalue weighted by Crippen LogP contribution is -2.58. The second-order valence-corrected chi connectivity index (χ2v) is 7.02. The third-order valence-corrected chi connectivity index (χ3v) is 5.65.